The van der Waals surface area contributed by atoms with Crippen molar-refractivity contribution in [1.29, 1.82) is 0 Å². The highest BCUT2D eigenvalue weighted by Gasteiger charge is 2.71. The maximum Gasteiger partial charge on any atom is 0.499 e. The van der Waals surface area contributed by atoms with E-state index in [1.54, 1.807) is 5.06 Å². The van der Waals surface area contributed by atoms with Crippen LogP contribution in [-0.4, -0.2) is 17.5 Å². The number of hydrogen-bond acceptors (Lipinski definition) is 5. The summed E-state index contributed by atoms with van der Waals surface area (Å²) in [6.07, 6.45) is 2.85. The van der Waals surface area contributed by atoms with E-state index in [0.717, 1.165) is 25.8 Å². The number of piperidine rings is 1. The number of hydroxylamine groups is 2. The predicted molar refractivity (Wildman–Crippen MR) is 34.1 cm³/mol. The third kappa shape index (κ3) is 0.679. The number of nitrogens with zero attached hydrogens (tertiary/aromatic N) is 1. The van der Waals surface area contributed by atoms with Gasteiger partial charge in [0.25, 0.3) is 5.91 Å². The fraction of sp³-hybridized carbons (Fsp3) is 1.00. The van der Waals surface area contributed by atoms with Crippen molar-refractivity contribution in [3.63, 3.8) is 0 Å². The van der Waals surface area contributed by atoms with Crippen LogP contribution in [0.2, 0.25) is 0 Å². The molecule has 4 aliphatic rings. The van der Waals surface area contributed by atoms with E-state index in [-0.39, 0.29) is 0 Å². The second-order valence-corrected chi connectivity index (χ2v) is 4.41. The van der Waals surface area contributed by atoms with Crippen LogP contribution in [0.15, 0.2) is 0 Å². The van der Waals surface area contributed by atoms with Crippen LogP contribution in [0.3, 0.4) is 0 Å². The average molecular weight is 177 g/mol. The fourth-order valence-electron chi connectivity index (χ4n) is 1.69. The van der Waals surface area contributed by atoms with Crippen LogP contribution >= 0.6 is 7.82 Å². The van der Waals surface area contributed by atoms with Crippen LogP contribution in [0.4, 0.5) is 0 Å². The normalized spacial score (nSPS) is 55.3. The van der Waals surface area contributed by atoms with E-state index in [9.17, 15) is 4.57 Å². The minimum Gasteiger partial charge on any atom is -0.235 e. The van der Waals surface area contributed by atoms with Crippen molar-refractivity contribution < 1.29 is 18.2 Å². The fourth-order valence-corrected chi connectivity index (χ4v) is 3.29. The highest BCUT2D eigenvalue weighted by atomic mass is 31.2. The third-order valence-corrected chi connectivity index (χ3v) is 3.61. The molecule has 0 saturated carbocycles. The molecule has 0 aromatic carbocycles. The Balaban J connectivity index is 1.96. The maximum absolute atomic E-state index is 11.1. The summed E-state index contributed by atoms with van der Waals surface area (Å²) in [5.74, 6) is -0.756. The monoisotopic (exact) mass is 177 g/mol. The Labute approximate surface area is 63.8 Å². The largest absolute Gasteiger partial charge is 0.499 e. The quantitative estimate of drug-likeness (QED) is 0.520. The molecule has 6 heteroatoms. The van der Waals surface area contributed by atoms with Gasteiger partial charge in [-0.3, -0.25) is 0 Å². The first-order valence-electron chi connectivity index (χ1n) is 3.71. The van der Waals surface area contributed by atoms with E-state index >= 15 is 0 Å². The zero-order valence-corrected chi connectivity index (χ0v) is 6.75. The molecule has 11 heavy (non-hydrogen) atoms. The van der Waals surface area contributed by atoms with Crippen LogP contribution in [0.5, 0.6) is 0 Å². The van der Waals surface area contributed by atoms with Gasteiger partial charge >= 0.3 is 7.82 Å². The molecule has 2 bridgehead atoms. The van der Waals surface area contributed by atoms with Crippen molar-refractivity contribution in [1.82, 2.24) is 5.06 Å². The smallest absolute Gasteiger partial charge is 0.235 e. The Morgan fingerprint density at radius 3 is 2.91 bits per heavy atom. The lowest BCUT2D eigenvalue weighted by Gasteiger charge is -2.38. The Kier molecular flexibility index (Phi) is 1.02. The molecule has 0 amide bonds. The Bertz CT molecular complexity index is 237. The SMILES string of the molecule is O=P12ON3CCCCC3(O1)O2. The molecule has 4 rings (SSSR count). The summed E-state index contributed by atoms with van der Waals surface area (Å²) in [4.78, 5) is 0. The van der Waals surface area contributed by atoms with E-state index < -0.39 is 13.7 Å². The molecule has 0 aliphatic carbocycles. The number of phosphoric ester groups is 1. The molecule has 62 valence electrons. The minimum absolute atomic E-state index is 0.754. The summed E-state index contributed by atoms with van der Waals surface area (Å²) in [5, 5.41) is 1.57. The molecule has 0 unspecified atom stereocenters. The van der Waals surface area contributed by atoms with Crippen LogP contribution < -0.4 is 0 Å². The van der Waals surface area contributed by atoms with Crippen molar-refractivity contribution in [3.05, 3.63) is 0 Å². The van der Waals surface area contributed by atoms with Crippen molar-refractivity contribution >= 4 is 7.82 Å². The number of hydrogen-bond donors (Lipinski definition) is 0. The molecule has 4 heterocycles. The highest BCUT2D eigenvalue weighted by Crippen LogP contribution is 2.75. The first-order chi connectivity index (χ1) is 5.23. The Hall–Kier alpha value is 0.0700. The summed E-state index contributed by atoms with van der Waals surface area (Å²) < 4.78 is 26.2. The van der Waals surface area contributed by atoms with E-state index in [2.05, 4.69) is 0 Å². The molecular weight excluding hydrogens is 169 g/mol. The number of phosphoric acid groups is 1. The van der Waals surface area contributed by atoms with Gasteiger partial charge in [-0.25, -0.2) is 13.6 Å². The van der Waals surface area contributed by atoms with Crippen LogP contribution in [0.1, 0.15) is 19.3 Å². The van der Waals surface area contributed by atoms with E-state index in [1.807, 2.05) is 0 Å². The van der Waals surface area contributed by atoms with Crippen LogP contribution in [0.25, 0.3) is 0 Å². The van der Waals surface area contributed by atoms with Crippen molar-refractivity contribution in [2.24, 2.45) is 0 Å². The van der Waals surface area contributed by atoms with Gasteiger partial charge in [-0.05, 0) is 12.8 Å². The van der Waals surface area contributed by atoms with E-state index in [1.165, 1.54) is 0 Å². The van der Waals surface area contributed by atoms with Gasteiger partial charge in [-0.15, -0.1) is 5.06 Å². The Morgan fingerprint density at radius 1 is 1.36 bits per heavy atom. The molecule has 0 aromatic heterocycles. The van der Waals surface area contributed by atoms with Gasteiger partial charge in [0.2, 0.25) is 0 Å². The lowest BCUT2D eigenvalue weighted by atomic mass is 10.1. The van der Waals surface area contributed by atoms with Gasteiger partial charge < -0.3 is 0 Å². The second kappa shape index (κ2) is 1.70. The van der Waals surface area contributed by atoms with Gasteiger partial charge in [0.05, 0.1) is 0 Å². The third-order valence-electron chi connectivity index (χ3n) is 2.19. The molecule has 4 aliphatic heterocycles. The summed E-state index contributed by atoms with van der Waals surface area (Å²) in [7, 11) is -3.09. The van der Waals surface area contributed by atoms with Crippen LogP contribution in [0, 0.1) is 0 Å². The average Bonchev–Trinajstić information content (AvgIpc) is 2.33. The zero-order chi connectivity index (χ0) is 7.53. The van der Waals surface area contributed by atoms with Gasteiger partial charge in [0.1, 0.15) is 0 Å². The van der Waals surface area contributed by atoms with E-state index in [4.69, 9.17) is 13.7 Å². The lowest BCUT2D eigenvalue weighted by Crippen LogP contribution is -2.50. The molecule has 0 aromatic rings. The molecular formula is C5H8NO4P. The first-order valence-corrected chi connectivity index (χ1v) is 5.18. The number of rotatable bonds is 0. The molecule has 4 fully saturated rings. The predicted octanol–water partition coefficient (Wildman–Crippen LogP) is 1.23. The lowest BCUT2D eigenvalue weighted by molar-refractivity contribution is -0.292. The molecule has 1 spiro atoms. The van der Waals surface area contributed by atoms with Crippen molar-refractivity contribution in [3.8, 4) is 0 Å². The van der Waals surface area contributed by atoms with Crippen LogP contribution in [-0.2, 0) is 18.2 Å². The molecule has 0 atom stereocenters. The highest BCUT2D eigenvalue weighted by molar-refractivity contribution is 7.50. The van der Waals surface area contributed by atoms with Gasteiger partial charge in [0, 0.05) is 13.0 Å². The molecule has 5 nitrogen and oxygen atoms in total. The molecule has 0 N–H and O–H groups in total. The summed E-state index contributed by atoms with van der Waals surface area (Å²) in [6, 6.07) is 0. The maximum atomic E-state index is 11.1. The topological polar surface area (TPSA) is 48.0 Å². The van der Waals surface area contributed by atoms with Gasteiger partial charge in [-0.1, -0.05) is 0 Å². The Morgan fingerprint density at radius 2 is 2.18 bits per heavy atom. The molecule has 4 saturated heterocycles. The summed E-state index contributed by atoms with van der Waals surface area (Å²) in [5.41, 5.74) is 0. The summed E-state index contributed by atoms with van der Waals surface area (Å²) >= 11 is 0. The van der Waals surface area contributed by atoms with Gasteiger partial charge in [-0.2, -0.15) is 4.62 Å². The second-order valence-electron chi connectivity index (χ2n) is 2.98. The van der Waals surface area contributed by atoms with E-state index in [0.29, 0.717) is 0 Å². The molecule has 0 radical (unpaired) electrons. The standard InChI is InChI=1S/C5H8NO4P/c7-11-8-5(9-11)3-1-2-4-6(5)10-11/h1-4H2. The van der Waals surface area contributed by atoms with Crippen molar-refractivity contribution in [2.75, 3.05) is 6.54 Å². The first kappa shape index (κ1) is 6.57. The zero-order valence-electron chi connectivity index (χ0n) is 5.86. The summed E-state index contributed by atoms with van der Waals surface area (Å²) in [6.45, 7) is 0.754. The minimum atomic E-state index is -3.09. The van der Waals surface area contributed by atoms with Gasteiger partial charge in [0.15, 0.2) is 0 Å². The van der Waals surface area contributed by atoms with Crippen molar-refractivity contribution in [2.45, 2.75) is 25.2 Å².